The molecule has 0 bridgehead atoms. The highest BCUT2D eigenvalue weighted by Crippen LogP contribution is 2.35. The SMILES string of the molecule is CCC1CCCC(C)C(C)C(C)C1. The van der Waals surface area contributed by atoms with E-state index in [2.05, 4.69) is 27.7 Å². The van der Waals surface area contributed by atoms with E-state index >= 15 is 0 Å². The second-order valence-electron chi connectivity index (χ2n) is 5.25. The highest BCUT2D eigenvalue weighted by atomic mass is 14.3. The third kappa shape index (κ3) is 3.00. The fraction of sp³-hybridized carbons (Fsp3) is 1.00. The molecule has 0 aromatic heterocycles. The van der Waals surface area contributed by atoms with Gasteiger partial charge in [-0.3, -0.25) is 0 Å². The topological polar surface area (TPSA) is 0 Å². The van der Waals surface area contributed by atoms with Gasteiger partial charge in [0.1, 0.15) is 0 Å². The van der Waals surface area contributed by atoms with Gasteiger partial charge in [0, 0.05) is 0 Å². The van der Waals surface area contributed by atoms with E-state index < -0.39 is 0 Å². The smallest absolute Gasteiger partial charge is 0.0391 e. The van der Waals surface area contributed by atoms with Gasteiger partial charge in [-0.15, -0.1) is 0 Å². The maximum absolute atomic E-state index is 2.45. The summed E-state index contributed by atoms with van der Waals surface area (Å²) in [6, 6.07) is 0. The first-order valence-corrected chi connectivity index (χ1v) is 6.15. The highest BCUT2D eigenvalue weighted by Gasteiger charge is 2.24. The predicted molar refractivity (Wildman–Crippen MR) is 59.7 cm³/mol. The zero-order valence-electron chi connectivity index (χ0n) is 9.84. The molecule has 13 heavy (non-hydrogen) atoms. The summed E-state index contributed by atoms with van der Waals surface area (Å²) >= 11 is 0. The lowest BCUT2D eigenvalue weighted by Crippen LogP contribution is -2.22. The van der Waals surface area contributed by atoms with Gasteiger partial charge in [-0.25, -0.2) is 0 Å². The number of rotatable bonds is 1. The minimum atomic E-state index is 0.939. The van der Waals surface area contributed by atoms with Gasteiger partial charge in [0.2, 0.25) is 0 Å². The van der Waals surface area contributed by atoms with Crippen molar-refractivity contribution in [1.82, 2.24) is 0 Å². The molecule has 0 aromatic rings. The first-order chi connectivity index (χ1) is 6.15. The summed E-state index contributed by atoms with van der Waals surface area (Å²) < 4.78 is 0. The van der Waals surface area contributed by atoms with Crippen LogP contribution in [0.3, 0.4) is 0 Å². The molecule has 1 aliphatic rings. The average Bonchev–Trinajstić information content (AvgIpc) is 2.13. The summed E-state index contributed by atoms with van der Waals surface area (Å²) in [5, 5.41) is 0. The second-order valence-corrected chi connectivity index (χ2v) is 5.25. The molecule has 78 valence electrons. The Morgan fingerprint density at radius 1 is 1.00 bits per heavy atom. The van der Waals surface area contributed by atoms with Gasteiger partial charge >= 0.3 is 0 Å². The van der Waals surface area contributed by atoms with Crippen LogP contribution >= 0.6 is 0 Å². The van der Waals surface area contributed by atoms with Crippen molar-refractivity contribution in [2.24, 2.45) is 23.7 Å². The molecular formula is C13H26. The molecule has 0 aromatic carbocycles. The summed E-state index contributed by atoms with van der Waals surface area (Å²) in [5.74, 6) is 3.85. The minimum absolute atomic E-state index is 0.939. The quantitative estimate of drug-likeness (QED) is 0.560. The molecule has 0 heteroatoms. The van der Waals surface area contributed by atoms with Crippen molar-refractivity contribution in [3.8, 4) is 0 Å². The standard InChI is InChI=1S/C13H26/c1-5-13-8-6-7-10(2)12(4)11(3)9-13/h10-13H,5-9H2,1-4H3. The maximum atomic E-state index is 2.45. The van der Waals surface area contributed by atoms with Crippen LogP contribution < -0.4 is 0 Å². The molecule has 1 fully saturated rings. The van der Waals surface area contributed by atoms with Crippen molar-refractivity contribution < 1.29 is 0 Å². The molecule has 0 nitrogen and oxygen atoms in total. The van der Waals surface area contributed by atoms with Gasteiger partial charge < -0.3 is 0 Å². The van der Waals surface area contributed by atoms with Crippen molar-refractivity contribution in [2.45, 2.75) is 59.8 Å². The van der Waals surface area contributed by atoms with Crippen LogP contribution in [0, 0.1) is 23.7 Å². The maximum Gasteiger partial charge on any atom is -0.0391 e. The molecule has 0 amide bonds. The average molecular weight is 182 g/mol. The fourth-order valence-electron chi connectivity index (χ4n) is 2.78. The van der Waals surface area contributed by atoms with E-state index in [9.17, 15) is 0 Å². The summed E-state index contributed by atoms with van der Waals surface area (Å²) in [5.41, 5.74) is 0. The predicted octanol–water partition coefficient (Wildman–Crippen LogP) is 4.49. The lowest BCUT2D eigenvalue weighted by atomic mass is 9.74. The lowest BCUT2D eigenvalue weighted by molar-refractivity contribution is 0.187. The molecule has 4 atom stereocenters. The fourth-order valence-corrected chi connectivity index (χ4v) is 2.78. The van der Waals surface area contributed by atoms with E-state index in [4.69, 9.17) is 0 Å². The van der Waals surface area contributed by atoms with Crippen molar-refractivity contribution in [3.05, 3.63) is 0 Å². The van der Waals surface area contributed by atoms with E-state index in [-0.39, 0.29) is 0 Å². The molecule has 1 aliphatic carbocycles. The van der Waals surface area contributed by atoms with Crippen LogP contribution in [0.4, 0.5) is 0 Å². The molecule has 1 rings (SSSR count). The Balaban J connectivity index is 2.51. The van der Waals surface area contributed by atoms with Crippen LogP contribution in [0.1, 0.15) is 59.8 Å². The molecule has 0 saturated heterocycles. The van der Waals surface area contributed by atoms with E-state index in [1.165, 1.54) is 32.1 Å². The molecule has 0 spiro atoms. The Kier molecular flexibility index (Phi) is 4.28. The van der Waals surface area contributed by atoms with Gasteiger partial charge in [0.05, 0.1) is 0 Å². The van der Waals surface area contributed by atoms with Crippen molar-refractivity contribution in [1.29, 1.82) is 0 Å². The first-order valence-electron chi connectivity index (χ1n) is 6.15. The van der Waals surface area contributed by atoms with E-state index in [1.807, 2.05) is 0 Å². The minimum Gasteiger partial charge on any atom is -0.0651 e. The third-order valence-electron chi connectivity index (χ3n) is 4.35. The van der Waals surface area contributed by atoms with Gasteiger partial charge in [-0.1, -0.05) is 53.4 Å². The summed E-state index contributed by atoms with van der Waals surface area (Å²) in [7, 11) is 0. The highest BCUT2D eigenvalue weighted by molar-refractivity contribution is 4.75. The van der Waals surface area contributed by atoms with Crippen LogP contribution in [-0.4, -0.2) is 0 Å². The largest absolute Gasteiger partial charge is 0.0651 e. The van der Waals surface area contributed by atoms with Crippen LogP contribution in [0.5, 0.6) is 0 Å². The monoisotopic (exact) mass is 182 g/mol. The Bertz CT molecular complexity index is 139. The Hall–Kier alpha value is 0. The molecule has 0 heterocycles. The zero-order valence-corrected chi connectivity index (χ0v) is 9.84. The summed E-state index contributed by atoms with van der Waals surface area (Å²) in [6.07, 6.45) is 7.28. The van der Waals surface area contributed by atoms with E-state index in [0.717, 1.165) is 23.7 Å². The van der Waals surface area contributed by atoms with Crippen LogP contribution in [0.25, 0.3) is 0 Å². The Morgan fingerprint density at radius 3 is 2.31 bits per heavy atom. The van der Waals surface area contributed by atoms with Crippen molar-refractivity contribution >= 4 is 0 Å². The van der Waals surface area contributed by atoms with Crippen molar-refractivity contribution in [3.63, 3.8) is 0 Å². The van der Waals surface area contributed by atoms with Gasteiger partial charge in [0.25, 0.3) is 0 Å². The van der Waals surface area contributed by atoms with Crippen LogP contribution in [0.2, 0.25) is 0 Å². The third-order valence-corrected chi connectivity index (χ3v) is 4.35. The second kappa shape index (κ2) is 5.02. The molecule has 0 N–H and O–H groups in total. The van der Waals surface area contributed by atoms with E-state index in [1.54, 1.807) is 0 Å². The molecule has 0 radical (unpaired) electrons. The normalized spacial score (nSPS) is 42.5. The molecule has 0 aliphatic heterocycles. The number of hydrogen-bond acceptors (Lipinski definition) is 0. The van der Waals surface area contributed by atoms with Gasteiger partial charge in [0.15, 0.2) is 0 Å². The van der Waals surface area contributed by atoms with Crippen LogP contribution in [-0.2, 0) is 0 Å². The molecule has 4 unspecified atom stereocenters. The van der Waals surface area contributed by atoms with Crippen LogP contribution in [0.15, 0.2) is 0 Å². The van der Waals surface area contributed by atoms with Gasteiger partial charge in [-0.05, 0) is 30.1 Å². The molecule has 1 saturated carbocycles. The zero-order chi connectivity index (χ0) is 9.84. The number of hydrogen-bond donors (Lipinski definition) is 0. The summed E-state index contributed by atoms with van der Waals surface area (Å²) in [6.45, 7) is 9.70. The van der Waals surface area contributed by atoms with Gasteiger partial charge in [-0.2, -0.15) is 0 Å². The Morgan fingerprint density at radius 2 is 1.69 bits per heavy atom. The Labute approximate surface area is 84.1 Å². The lowest BCUT2D eigenvalue weighted by Gasteiger charge is -2.32. The van der Waals surface area contributed by atoms with E-state index in [0.29, 0.717) is 0 Å². The first kappa shape index (κ1) is 11.1. The van der Waals surface area contributed by atoms with Crippen molar-refractivity contribution in [2.75, 3.05) is 0 Å². The molecular weight excluding hydrogens is 156 g/mol. The summed E-state index contributed by atoms with van der Waals surface area (Å²) in [4.78, 5) is 0.